The van der Waals surface area contributed by atoms with E-state index in [0.29, 0.717) is 0 Å². The third kappa shape index (κ3) is 4.17. The zero-order valence-electron chi connectivity index (χ0n) is 7.69. The van der Waals surface area contributed by atoms with Crippen LogP contribution in [0.3, 0.4) is 0 Å². The second kappa shape index (κ2) is 5.33. The highest BCUT2D eigenvalue weighted by atomic mass is 28.3. The van der Waals surface area contributed by atoms with Gasteiger partial charge in [-0.15, -0.1) is 13.2 Å². The minimum atomic E-state index is -1.24. The molecule has 0 heterocycles. The van der Waals surface area contributed by atoms with E-state index in [-0.39, 0.29) is 0 Å². The molecule has 1 N–H and O–H groups in total. The average Bonchev–Trinajstić information content (AvgIpc) is 1.88. The highest BCUT2D eigenvalue weighted by Gasteiger charge is 2.22. The van der Waals surface area contributed by atoms with Crippen LogP contribution in [0.25, 0.3) is 0 Å². The average molecular weight is 169 g/mol. The number of hydrogen-bond donors (Lipinski definition) is 1. The lowest BCUT2D eigenvalue weighted by Crippen LogP contribution is -2.46. The normalized spacial score (nSPS) is 11.1. The molecule has 0 saturated carbocycles. The first kappa shape index (κ1) is 10.7. The van der Waals surface area contributed by atoms with Gasteiger partial charge in [-0.05, 0) is 18.6 Å². The van der Waals surface area contributed by atoms with E-state index in [0.717, 1.165) is 18.6 Å². The van der Waals surface area contributed by atoms with Crippen LogP contribution in [0, 0.1) is 0 Å². The van der Waals surface area contributed by atoms with Crippen molar-refractivity contribution >= 4 is 8.24 Å². The molecule has 11 heavy (non-hydrogen) atoms. The van der Waals surface area contributed by atoms with Crippen LogP contribution in [0.2, 0.25) is 18.6 Å². The van der Waals surface area contributed by atoms with Gasteiger partial charge in [0.25, 0.3) is 0 Å². The summed E-state index contributed by atoms with van der Waals surface area (Å²) in [4.78, 5) is 3.56. The third-order valence-electron chi connectivity index (χ3n) is 1.79. The summed E-state index contributed by atoms with van der Waals surface area (Å²) in [7, 11) is -1.24. The van der Waals surface area contributed by atoms with Gasteiger partial charge in [-0.2, -0.15) is 0 Å². The summed E-state index contributed by atoms with van der Waals surface area (Å²) >= 11 is 0. The summed E-state index contributed by atoms with van der Waals surface area (Å²) in [5.41, 5.74) is 0. The second-order valence-corrected chi connectivity index (χ2v) is 7.37. The van der Waals surface area contributed by atoms with E-state index in [2.05, 4.69) is 31.6 Å². The first-order valence-corrected chi connectivity index (χ1v) is 7.06. The fourth-order valence-electron chi connectivity index (χ4n) is 1.29. The summed E-state index contributed by atoms with van der Waals surface area (Å²) in [5.74, 6) is 0. The van der Waals surface area contributed by atoms with Crippen molar-refractivity contribution in [3.8, 4) is 0 Å². The van der Waals surface area contributed by atoms with E-state index < -0.39 is 8.24 Å². The topological polar surface area (TPSA) is 12.0 Å². The Morgan fingerprint density at radius 3 is 2.00 bits per heavy atom. The summed E-state index contributed by atoms with van der Waals surface area (Å²) in [5, 5.41) is 0. The molecular formula is C9H19NSi. The monoisotopic (exact) mass is 169 g/mol. The molecule has 0 bridgehead atoms. The second-order valence-electron chi connectivity index (χ2n) is 3.08. The number of hydrogen-bond acceptors (Lipinski definition) is 1. The van der Waals surface area contributed by atoms with Crippen molar-refractivity contribution in [2.24, 2.45) is 0 Å². The molecule has 0 spiro atoms. The van der Waals surface area contributed by atoms with Gasteiger partial charge in [0, 0.05) is 0 Å². The molecule has 0 atom stereocenters. The van der Waals surface area contributed by atoms with Gasteiger partial charge < -0.3 is 4.98 Å². The summed E-state index contributed by atoms with van der Waals surface area (Å²) in [6.07, 6.45) is 4.02. The smallest absolute Gasteiger partial charge is 0.130 e. The Kier molecular flexibility index (Phi) is 5.16. The van der Waals surface area contributed by atoms with Crippen LogP contribution in [0.4, 0.5) is 0 Å². The Morgan fingerprint density at radius 2 is 1.73 bits per heavy atom. The van der Waals surface area contributed by atoms with Crippen molar-refractivity contribution in [2.45, 2.75) is 25.6 Å². The molecule has 0 fully saturated rings. The van der Waals surface area contributed by atoms with Crippen molar-refractivity contribution in [3.05, 3.63) is 25.3 Å². The predicted octanol–water partition coefficient (Wildman–Crippen LogP) is 2.54. The first-order valence-electron chi connectivity index (χ1n) is 4.15. The van der Waals surface area contributed by atoms with Crippen molar-refractivity contribution in [3.63, 3.8) is 0 Å². The molecule has 0 aromatic carbocycles. The SMILES string of the molecule is C=CC[Si](C)(CC=C)NCC. The number of nitrogens with one attached hydrogen (secondary N) is 1. The van der Waals surface area contributed by atoms with Crippen molar-refractivity contribution in [2.75, 3.05) is 6.54 Å². The van der Waals surface area contributed by atoms with Crippen LogP contribution in [0.1, 0.15) is 6.92 Å². The molecule has 0 aromatic heterocycles. The van der Waals surface area contributed by atoms with Crippen molar-refractivity contribution < 1.29 is 0 Å². The maximum atomic E-state index is 3.77. The van der Waals surface area contributed by atoms with Crippen LogP contribution in [0.15, 0.2) is 25.3 Å². The van der Waals surface area contributed by atoms with Gasteiger partial charge in [0.15, 0.2) is 0 Å². The molecule has 0 amide bonds. The zero-order chi connectivity index (χ0) is 8.74. The van der Waals surface area contributed by atoms with E-state index in [1.54, 1.807) is 0 Å². The number of allylic oxidation sites excluding steroid dienone is 2. The largest absolute Gasteiger partial charge is 0.337 e. The van der Waals surface area contributed by atoms with E-state index in [4.69, 9.17) is 0 Å². The molecule has 0 rings (SSSR count). The van der Waals surface area contributed by atoms with Gasteiger partial charge in [0.05, 0.1) is 0 Å². The lowest BCUT2D eigenvalue weighted by atomic mass is 10.7. The fourth-order valence-corrected chi connectivity index (χ4v) is 3.87. The third-order valence-corrected chi connectivity index (χ3v) is 5.38. The maximum Gasteiger partial charge on any atom is 0.130 e. The molecule has 0 saturated heterocycles. The Balaban J connectivity index is 3.98. The Hall–Kier alpha value is -0.343. The van der Waals surface area contributed by atoms with Gasteiger partial charge >= 0.3 is 0 Å². The lowest BCUT2D eigenvalue weighted by molar-refractivity contribution is 0.948. The van der Waals surface area contributed by atoms with Crippen LogP contribution in [0.5, 0.6) is 0 Å². The van der Waals surface area contributed by atoms with Crippen LogP contribution in [-0.4, -0.2) is 14.8 Å². The highest BCUT2D eigenvalue weighted by molar-refractivity contribution is 6.77. The summed E-state index contributed by atoms with van der Waals surface area (Å²) in [6.45, 7) is 13.1. The van der Waals surface area contributed by atoms with E-state index >= 15 is 0 Å². The molecular weight excluding hydrogens is 150 g/mol. The van der Waals surface area contributed by atoms with Crippen LogP contribution in [-0.2, 0) is 0 Å². The van der Waals surface area contributed by atoms with Crippen molar-refractivity contribution in [1.82, 2.24) is 4.98 Å². The highest BCUT2D eigenvalue weighted by Crippen LogP contribution is 2.12. The Labute approximate surface area is 71.3 Å². The summed E-state index contributed by atoms with van der Waals surface area (Å²) < 4.78 is 0. The van der Waals surface area contributed by atoms with Crippen LogP contribution >= 0.6 is 0 Å². The minimum absolute atomic E-state index is 1.06. The lowest BCUT2D eigenvalue weighted by Gasteiger charge is -2.25. The van der Waals surface area contributed by atoms with E-state index in [1.165, 1.54) is 0 Å². The molecule has 2 heteroatoms. The van der Waals surface area contributed by atoms with Gasteiger partial charge in [-0.1, -0.05) is 25.6 Å². The molecule has 0 radical (unpaired) electrons. The molecule has 64 valence electrons. The van der Waals surface area contributed by atoms with E-state index in [9.17, 15) is 0 Å². The van der Waals surface area contributed by atoms with Gasteiger partial charge in [0.1, 0.15) is 8.24 Å². The number of rotatable bonds is 6. The van der Waals surface area contributed by atoms with Gasteiger partial charge in [-0.3, -0.25) is 0 Å². The molecule has 0 aliphatic carbocycles. The Bertz CT molecular complexity index is 122. The first-order chi connectivity index (χ1) is 5.18. The predicted molar refractivity (Wildman–Crippen MR) is 55.3 cm³/mol. The standard InChI is InChI=1S/C9H19NSi/c1-5-8-11(4,9-6-2)10-7-3/h5-6,10H,1-2,7-9H2,3-4H3. The summed E-state index contributed by atoms with van der Waals surface area (Å²) in [6, 6.07) is 2.26. The minimum Gasteiger partial charge on any atom is -0.337 e. The molecule has 0 unspecified atom stereocenters. The maximum absolute atomic E-state index is 3.77. The fraction of sp³-hybridized carbons (Fsp3) is 0.556. The quantitative estimate of drug-likeness (QED) is 0.476. The molecule has 0 aliphatic rings. The van der Waals surface area contributed by atoms with Gasteiger partial charge in [0.2, 0.25) is 0 Å². The van der Waals surface area contributed by atoms with E-state index in [1.807, 2.05) is 12.2 Å². The van der Waals surface area contributed by atoms with Gasteiger partial charge in [-0.25, -0.2) is 0 Å². The zero-order valence-corrected chi connectivity index (χ0v) is 8.69. The van der Waals surface area contributed by atoms with Crippen molar-refractivity contribution in [1.29, 1.82) is 0 Å². The molecule has 1 nitrogen and oxygen atoms in total. The van der Waals surface area contributed by atoms with Crippen LogP contribution < -0.4 is 4.98 Å². The molecule has 0 aromatic rings. The molecule has 0 aliphatic heterocycles. The Morgan fingerprint density at radius 1 is 1.27 bits per heavy atom.